The van der Waals surface area contributed by atoms with Crippen molar-refractivity contribution in [2.24, 2.45) is 0 Å². The number of aliphatic hydroxyl groups excluding tert-OH is 4. The van der Waals surface area contributed by atoms with E-state index in [4.69, 9.17) is 4.43 Å². The standard InChI is InChI=1S/C16H36O5Si/c1-13(17)15(19)9-5-7-11-22(4,21-3)12-8-6-10-16(20)14(2)18/h13-20H,5-12H2,1-4H3. The van der Waals surface area contributed by atoms with Crippen LogP contribution in [0.5, 0.6) is 0 Å². The molecule has 0 saturated carbocycles. The molecule has 0 spiro atoms. The van der Waals surface area contributed by atoms with E-state index in [1.54, 1.807) is 21.0 Å². The lowest BCUT2D eigenvalue weighted by molar-refractivity contribution is 0.0248. The monoisotopic (exact) mass is 336 g/mol. The van der Waals surface area contributed by atoms with Crippen molar-refractivity contribution in [3.8, 4) is 0 Å². The van der Waals surface area contributed by atoms with E-state index in [2.05, 4.69) is 6.55 Å². The van der Waals surface area contributed by atoms with Crippen LogP contribution in [-0.2, 0) is 4.43 Å². The highest BCUT2D eigenvalue weighted by molar-refractivity contribution is 6.72. The number of unbranched alkanes of at least 4 members (excludes halogenated alkanes) is 2. The molecule has 4 N–H and O–H groups in total. The summed E-state index contributed by atoms with van der Waals surface area (Å²) >= 11 is 0. The van der Waals surface area contributed by atoms with Crippen LogP contribution in [0.2, 0.25) is 18.6 Å². The second-order valence-corrected chi connectivity index (χ2v) is 11.1. The van der Waals surface area contributed by atoms with Gasteiger partial charge in [0, 0.05) is 7.11 Å². The lowest BCUT2D eigenvalue weighted by Gasteiger charge is -2.26. The van der Waals surface area contributed by atoms with Crippen LogP contribution < -0.4 is 0 Å². The van der Waals surface area contributed by atoms with Crippen molar-refractivity contribution in [1.29, 1.82) is 0 Å². The zero-order valence-corrected chi connectivity index (χ0v) is 15.7. The van der Waals surface area contributed by atoms with Crippen molar-refractivity contribution < 1.29 is 24.9 Å². The highest BCUT2D eigenvalue weighted by Gasteiger charge is 2.26. The third-order valence-corrected chi connectivity index (χ3v) is 8.33. The third-order valence-electron chi connectivity index (χ3n) is 4.52. The fraction of sp³-hybridized carbons (Fsp3) is 1.00. The molecule has 22 heavy (non-hydrogen) atoms. The van der Waals surface area contributed by atoms with Crippen molar-refractivity contribution in [3.63, 3.8) is 0 Å². The topological polar surface area (TPSA) is 90.2 Å². The summed E-state index contributed by atoms with van der Waals surface area (Å²) in [5.74, 6) is 0. The molecule has 0 bridgehead atoms. The molecule has 0 saturated heterocycles. The zero-order valence-electron chi connectivity index (χ0n) is 14.7. The molecule has 5 nitrogen and oxygen atoms in total. The van der Waals surface area contributed by atoms with Crippen LogP contribution in [0.15, 0.2) is 0 Å². The van der Waals surface area contributed by atoms with Crippen LogP contribution in [0.1, 0.15) is 52.4 Å². The minimum atomic E-state index is -1.71. The number of hydrogen-bond acceptors (Lipinski definition) is 5. The van der Waals surface area contributed by atoms with Gasteiger partial charge in [-0.3, -0.25) is 0 Å². The molecule has 4 unspecified atom stereocenters. The molecule has 4 atom stereocenters. The maximum absolute atomic E-state index is 9.57. The first-order chi connectivity index (χ1) is 10.2. The summed E-state index contributed by atoms with van der Waals surface area (Å²) in [5, 5.41) is 37.6. The first-order valence-corrected chi connectivity index (χ1v) is 11.3. The van der Waals surface area contributed by atoms with Gasteiger partial charge in [0.2, 0.25) is 0 Å². The van der Waals surface area contributed by atoms with E-state index in [1.807, 2.05) is 0 Å². The van der Waals surface area contributed by atoms with Crippen LogP contribution in [0, 0.1) is 0 Å². The lowest BCUT2D eigenvalue weighted by atomic mass is 10.1. The first kappa shape index (κ1) is 22.0. The fourth-order valence-corrected chi connectivity index (χ4v) is 5.17. The Bertz CT molecular complexity index is 251. The van der Waals surface area contributed by atoms with Crippen molar-refractivity contribution in [3.05, 3.63) is 0 Å². The van der Waals surface area contributed by atoms with Gasteiger partial charge in [0.25, 0.3) is 0 Å². The van der Waals surface area contributed by atoms with Gasteiger partial charge in [0.15, 0.2) is 8.32 Å². The Morgan fingerprint density at radius 3 is 1.41 bits per heavy atom. The van der Waals surface area contributed by atoms with Gasteiger partial charge in [-0.15, -0.1) is 0 Å². The van der Waals surface area contributed by atoms with E-state index >= 15 is 0 Å². The van der Waals surface area contributed by atoms with Gasteiger partial charge in [-0.25, -0.2) is 0 Å². The summed E-state index contributed by atoms with van der Waals surface area (Å²) in [7, 11) is 0.0692. The van der Waals surface area contributed by atoms with Gasteiger partial charge >= 0.3 is 0 Å². The smallest absolute Gasteiger partial charge is 0.189 e. The summed E-state index contributed by atoms with van der Waals surface area (Å²) < 4.78 is 5.76. The second-order valence-electron chi connectivity index (χ2n) is 6.76. The Hall–Kier alpha value is 0.0169. The fourth-order valence-electron chi connectivity index (χ4n) is 2.52. The molecule has 6 heteroatoms. The van der Waals surface area contributed by atoms with Crippen LogP contribution in [0.25, 0.3) is 0 Å². The molecular formula is C16H36O5Si. The van der Waals surface area contributed by atoms with Crippen molar-refractivity contribution in [2.45, 2.75) is 95.4 Å². The number of aliphatic hydroxyl groups is 4. The maximum Gasteiger partial charge on any atom is 0.189 e. The Morgan fingerprint density at radius 2 is 1.14 bits per heavy atom. The maximum atomic E-state index is 9.57. The largest absolute Gasteiger partial charge is 0.420 e. The molecule has 134 valence electrons. The highest BCUT2D eigenvalue weighted by Crippen LogP contribution is 2.24. The average Bonchev–Trinajstić information content (AvgIpc) is 2.47. The number of hydrogen-bond donors (Lipinski definition) is 4. The molecule has 0 radical (unpaired) electrons. The molecule has 0 aromatic heterocycles. The molecule has 0 aliphatic rings. The van der Waals surface area contributed by atoms with Crippen molar-refractivity contribution in [2.75, 3.05) is 7.11 Å². The molecule has 0 aliphatic carbocycles. The molecule has 0 rings (SSSR count). The lowest BCUT2D eigenvalue weighted by Crippen LogP contribution is -2.33. The Morgan fingerprint density at radius 1 is 0.773 bits per heavy atom. The van der Waals surface area contributed by atoms with E-state index in [1.165, 1.54) is 0 Å². The summed E-state index contributed by atoms with van der Waals surface area (Å²) in [6.45, 7) is 5.45. The van der Waals surface area contributed by atoms with Crippen molar-refractivity contribution in [1.82, 2.24) is 0 Å². The SMILES string of the molecule is CO[Si](C)(CCCCC(O)C(C)O)CCCCC(O)C(C)O. The van der Waals surface area contributed by atoms with Crippen LogP contribution >= 0.6 is 0 Å². The minimum Gasteiger partial charge on any atom is -0.420 e. The van der Waals surface area contributed by atoms with E-state index in [0.717, 1.165) is 37.8 Å². The second kappa shape index (κ2) is 11.5. The van der Waals surface area contributed by atoms with E-state index in [0.29, 0.717) is 12.8 Å². The summed E-state index contributed by atoms with van der Waals surface area (Å²) in [4.78, 5) is 0. The zero-order chi connectivity index (χ0) is 17.2. The Kier molecular flexibility index (Phi) is 11.5. The number of rotatable bonds is 13. The molecule has 0 aromatic carbocycles. The first-order valence-electron chi connectivity index (χ1n) is 8.49. The van der Waals surface area contributed by atoms with Crippen LogP contribution in [0.4, 0.5) is 0 Å². The predicted octanol–water partition coefficient (Wildman–Crippen LogP) is 2.03. The van der Waals surface area contributed by atoms with E-state index in [9.17, 15) is 20.4 Å². The normalized spacial score (nSPS) is 20.2. The van der Waals surface area contributed by atoms with Gasteiger partial charge in [0.1, 0.15) is 0 Å². The molecule has 0 heterocycles. The van der Waals surface area contributed by atoms with Gasteiger partial charge in [-0.05, 0) is 45.3 Å². The van der Waals surface area contributed by atoms with Crippen LogP contribution in [0.3, 0.4) is 0 Å². The summed E-state index contributed by atoms with van der Waals surface area (Å²) in [6.07, 6.45) is 2.51. The molecular weight excluding hydrogens is 300 g/mol. The Labute approximate surface area is 136 Å². The Balaban J connectivity index is 3.89. The van der Waals surface area contributed by atoms with E-state index in [-0.39, 0.29) is 0 Å². The van der Waals surface area contributed by atoms with Crippen molar-refractivity contribution >= 4 is 8.32 Å². The summed E-state index contributed by atoms with van der Waals surface area (Å²) in [6, 6.07) is 2.10. The average molecular weight is 337 g/mol. The summed E-state index contributed by atoms with van der Waals surface area (Å²) in [5.41, 5.74) is 0. The van der Waals surface area contributed by atoms with Gasteiger partial charge in [-0.2, -0.15) is 0 Å². The van der Waals surface area contributed by atoms with Crippen LogP contribution in [-0.4, -0.2) is 60.3 Å². The minimum absolute atomic E-state index is 0.627. The third kappa shape index (κ3) is 9.92. The quantitative estimate of drug-likeness (QED) is 0.305. The van der Waals surface area contributed by atoms with E-state index < -0.39 is 32.7 Å². The molecule has 0 amide bonds. The van der Waals surface area contributed by atoms with Gasteiger partial charge in [0.05, 0.1) is 24.4 Å². The van der Waals surface area contributed by atoms with Gasteiger partial charge in [-0.1, -0.05) is 25.7 Å². The molecule has 0 aromatic rings. The predicted molar refractivity (Wildman–Crippen MR) is 91.3 cm³/mol. The molecule has 0 aliphatic heterocycles. The molecule has 0 fully saturated rings. The van der Waals surface area contributed by atoms with Gasteiger partial charge < -0.3 is 24.9 Å². The highest BCUT2D eigenvalue weighted by atomic mass is 28.4.